The van der Waals surface area contributed by atoms with Gasteiger partial charge in [-0.3, -0.25) is 4.90 Å². The highest BCUT2D eigenvalue weighted by molar-refractivity contribution is 5.78. The maximum absolute atomic E-state index is 11.4. The third-order valence-electron chi connectivity index (χ3n) is 4.67. The van der Waals surface area contributed by atoms with Crippen LogP contribution in [0, 0.1) is 0 Å². The highest BCUT2D eigenvalue weighted by Gasteiger charge is 2.47. The van der Waals surface area contributed by atoms with Gasteiger partial charge in [-0.1, -0.05) is 0 Å². The maximum atomic E-state index is 11.4. The molecule has 0 amide bonds. The van der Waals surface area contributed by atoms with Crippen LogP contribution in [-0.4, -0.2) is 60.0 Å². The number of carboxylic acids is 1. The van der Waals surface area contributed by atoms with Crippen molar-refractivity contribution in [2.45, 2.75) is 69.8 Å². The van der Waals surface area contributed by atoms with Gasteiger partial charge < -0.3 is 14.6 Å². The van der Waals surface area contributed by atoms with Crippen molar-refractivity contribution in [3.63, 3.8) is 0 Å². The average molecular weight is 285 g/mol. The van der Waals surface area contributed by atoms with E-state index in [0.29, 0.717) is 25.1 Å². The van der Waals surface area contributed by atoms with Crippen molar-refractivity contribution in [3.05, 3.63) is 0 Å². The molecule has 116 valence electrons. The quantitative estimate of drug-likeness (QED) is 0.836. The van der Waals surface area contributed by atoms with E-state index < -0.39 is 11.6 Å². The van der Waals surface area contributed by atoms with Gasteiger partial charge in [-0.15, -0.1) is 0 Å². The van der Waals surface area contributed by atoms with E-state index in [9.17, 15) is 9.90 Å². The zero-order chi connectivity index (χ0) is 14.8. The van der Waals surface area contributed by atoms with Gasteiger partial charge in [-0.2, -0.15) is 0 Å². The van der Waals surface area contributed by atoms with Crippen molar-refractivity contribution in [3.8, 4) is 0 Å². The van der Waals surface area contributed by atoms with Gasteiger partial charge in [0.05, 0.1) is 12.2 Å². The zero-order valence-electron chi connectivity index (χ0n) is 12.8. The molecule has 1 atom stereocenters. The summed E-state index contributed by atoms with van der Waals surface area (Å²) < 4.78 is 11.2. The fraction of sp³-hybridized carbons (Fsp3) is 0.933. The second kappa shape index (κ2) is 6.41. The summed E-state index contributed by atoms with van der Waals surface area (Å²) in [6.45, 7) is 5.48. The Bertz CT molecular complexity index is 339. The van der Waals surface area contributed by atoms with Gasteiger partial charge in [-0.05, 0) is 39.5 Å². The van der Waals surface area contributed by atoms with Crippen LogP contribution in [-0.2, 0) is 14.3 Å². The molecule has 0 aromatic carbocycles. The predicted molar refractivity (Wildman–Crippen MR) is 75.8 cm³/mol. The summed E-state index contributed by atoms with van der Waals surface area (Å²) >= 11 is 0. The topological polar surface area (TPSA) is 59.0 Å². The molecule has 5 heteroatoms. The maximum Gasteiger partial charge on any atom is 0.337 e. The lowest BCUT2D eigenvalue weighted by molar-refractivity contribution is -0.160. The van der Waals surface area contributed by atoms with Crippen LogP contribution in [0.25, 0.3) is 0 Å². The molecule has 2 rings (SSSR count). The van der Waals surface area contributed by atoms with E-state index >= 15 is 0 Å². The Morgan fingerprint density at radius 3 is 2.40 bits per heavy atom. The first kappa shape index (κ1) is 15.7. The van der Waals surface area contributed by atoms with Crippen molar-refractivity contribution < 1.29 is 19.4 Å². The van der Waals surface area contributed by atoms with Crippen molar-refractivity contribution >= 4 is 5.97 Å². The Labute approximate surface area is 121 Å². The van der Waals surface area contributed by atoms with Crippen LogP contribution in [0.3, 0.4) is 0 Å². The molecule has 1 aliphatic carbocycles. The van der Waals surface area contributed by atoms with Crippen molar-refractivity contribution in [1.29, 1.82) is 0 Å². The summed E-state index contributed by atoms with van der Waals surface area (Å²) in [5.74, 6) is -0.834. The summed E-state index contributed by atoms with van der Waals surface area (Å²) in [5.41, 5.74) is -0.995. The normalized spacial score (nSPS) is 35.6. The smallest absolute Gasteiger partial charge is 0.337 e. The molecule has 0 radical (unpaired) electrons. The summed E-state index contributed by atoms with van der Waals surface area (Å²) in [6, 6.07) is 0.485. The van der Waals surface area contributed by atoms with Crippen LogP contribution in [0.15, 0.2) is 0 Å². The minimum Gasteiger partial charge on any atom is -0.479 e. The number of hydrogen-bond donors (Lipinski definition) is 1. The Morgan fingerprint density at radius 1 is 1.30 bits per heavy atom. The molecular formula is C15H27NO4. The van der Waals surface area contributed by atoms with Crippen LogP contribution >= 0.6 is 0 Å². The first-order chi connectivity index (χ1) is 9.47. The molecule has 1 N–H and O–H groups in total. The number of aliphatic carboxylic acids is 1. The second-order valence-corrected chi connectivity index (χ2v) is 6.34. The average Bonchev–Trinajstić information content (AvgIpc) is 2.85. The number of likely N-dealkylation sites (tertiary alicyclic amines) is 1. The molecule has 1 heterocycles. The van der Waals surface area contributed by atoms with E-state index in [1.54, 1.807) is 0 Å². The van der Waals surface area contributed by atoms with Crippen molar-refractivity contribution in [2.75, 3.05) is 20.2 Å². The first-order valence-corrected chi connectivity index (χ1v) is 7.65. The molecule has 1 saturated heterocycles. The Balaban J connectivity index is 1.85. The van der Waals surface area contributed by atoms with Gasteiger partial charge in [-0.25, -0.2) is 4.79 Å². The molecule has 0 bridgehead atoms. The van der Waals surface area contributed by atoms with Gasteiger partial charge >= 0.3 is 5.97 Å². The third-order valence-corrected chi connectivity index (χ3v) is 4.67. The number of rotatable bonds is 5. The SMILES string of the molecule is CO[C@]1(C(=O)O)CCN(C2CCC(OC(C)C)CC2)C1. The molecule has 2 fully saturated rings. The number of hydrogen-bond acceptors (Lipinski definition) is 4. The largest absolute Gasteiger partial charge is 0.479 e. The molecule has 1 aliphatic heterocycles. The van der Waals surface area contributed by atoms with Crippen molar-refractivity contribution in [2.24, 2.45) is 0 Å². The van der Waals surface area contributed by atoms with Crippen LogP contribution in [0.2, 0.25) is 0 Å². The molecule has 20 heavy (non-hydrogen) atoms. The zero-order valence-corrected chi connectivity index (χ0v) is 12.8. The molecule has 0 unspecified atom stereocenters. The van der Waals surface area contributed by atoms with E-state index in [2.05, 4.69) is 18.7 Å². The molecule has 0 aromatic heterocycles. The highest BCUT2D eigenvalue weighted by atomic mass is 16.5. The highest BCUT2D eigenvalue weighted by Crippen LogP contribution is 2.32. The number of ether oxygens (including phenoxy) is 2. The number of methoxy groups -OCH3 is 1. The van der Waals surface area contributed by atoms with Crippen LogP contribution in [0.1, 0.15) is 46.0 Å². The number of nitrogens with zero attached hydrogens (tertiary/aromatic N) is 1. The standard InChI is InChI=1S/C15H27NO4/c1-11(2)20-13-6-4-12(5-7-13)16-9-8-15(10-16,19-3)14(17)18/h11-13H,4-10H2,1-3H3,(H,17,18)/t12?,13?,15-/m1/s1. The monoisotopic (exact) mass is 285 g/mol. The summed E-state index contributed by atoms with van der Waals surface area (Å²) in [6.07, 6.45) is 5.59. The lowest BCUT2D eigenvalue weighted by Crippen LogP contribution is -2.46. The lowest BCUT2D eigenvalue weighted by Gasteiger charge is -2.35. The van der Waals surface area contributed by atoms with Gasteiger partial charge in [0, 0.05) is 32.7 Å². The fourth-order valence-corrected chi connectivity index (χ4v) is 3.48. The fourth-order valence-electron chi connectivity index (χ4n) is 3.48. The van der Waals surface area contributed by atoms with Gasteiger partial charge in [0.1, 0.15) is 0 Å². The third kappa shape index (κ3) is 3.32. The van der Waals surface area contributed by atoms with Gasteiger partial charge in [0.25, 0.3) is 0 Å². The first-order valence-electron chi connectivity index (χ1n) is 7.65. The lowest BCUT2D eigenvalue weighted by atomic mass is 9.91. The van der Waals surface area contributed by atoms with Crippen molar-refractivity contribution in [1.82, 2.24) is 4.90 Å². The van der Waals surface area contributed by atoms with Crippen LogP contribution in [0.4, 0.5) is 0 Å². The summed E-state index contributed by atoms with van der Waals surface area (Å²) in [7, 11) is 1.50. The van der Waals surface area contributed by atoms with Crippen LogP contribution in [0.5, 0.6) is 0 Å². The molecule has 0 aromatic rings. The summed E-state index contributed by atoms with van der Waals surface area (Å²) in [5, 5.41) is 9.35. The second-order valence-electron chi connectivity index (χ2n) is 6.34. The predicted octanol–water partition coefficient (Wildman–Crippen LogP) is 1.90. The van der Waals surface area contributed by atoms with E-state index in [1.165, 1.54) is 7.11 Å². The molecule has 0 spiro atoms. The minimum atomic E-state index is -0.995. The molecule has 1 saturated carbocycles. The summed E-state index contributed by atoms with van der Waals surface area (Å²) in [4.78, 5) is 13.7. The minimum absolute atomic E-state index is 0.288. The van der Waals surface area contributed by atoms with Gasteiger partial charge in [0.2, 0.25) is 0 Å². The van der Waals surface area contributed by atoms with Crippen LogP contribution < -0.4 is 0 Å². The van der Waals surface area contributed by atoms with E-state index in [1.807, 2.05) is 0 Å². The Hall–Kier alpha value is -0.650. The molecular weight excluding hydrogens is 258 g/mol. The number of carbonyl (C=O) groups is 1. The molecule has 5 nitrogen and oxygen atoms in total. The van der Waals surface area contributed by atoms with E-state index in [-0.39, 0.29) is 6.10 Å². The van der Waals surface area contributed by atoms with Gasteiger partial charge in [0.15, 0.2) is 5.60 Å². The molecule has 2 aliphatic rings. The van der Waals surface area contributed by atoms with E-state index in [4.69, 9.17) is 9.47 Å². The Morgan fingerprint density at radius 2 is 1.95 bits per heavy atom. The number of carboxylic acid groups (broad SMARTS) is 1. The van der Waals surface area contributed by atoms with E-state index in [0.717, 1.165) is 32.2 Å². The Kier molecular flexibility index (Phi) is 5.04.